The fourth-order valence-electron chi connectivity index (χ4n) is 3.30. The average Bonchev–Trinajstić information content (AvgIpc) is 2.78. The molecule has 180 valence electrons. The highest BCUT2D eigenvalue weighted by molar-refractivity contribution is 7.89. The number of benzene rings is 2. The van der Waals surface area contributed by atoms with Crippen LogP contribution >= 0.6 is 0 Å². The summed E-state index contributed by atoms with van der Waals surface area (Å²) in [4.78, 5) is 14.6. The Kier molecular flexibility index (Phi) is 7.20. The van der Waals surface area contributed by atoms with E-state index in [1.54, 1.807) is 0 Å². The minimum Gasteiger partial charge on any atom is -0.495 e. The van der Waals surface area contributed by atoms with Crippen LogP contribution in [0, 0.1) is 0 Å². The minimum absolute atomic E-state index is 0.0355. The molecule has 0 unspecified atom stereocenters. The molecule has 1 fully saturated rings. The number of amides is 1. The lowest BCUT2D eigenvalue weighted by Crippen LogP contribution is -2.36. The van der Waals surface area contributed by atoms with Gasteiger partial charge in [-0.2, -0.15) is 13.2 Å². The third-order valence-electron chi connectivity index (χ3n) is 5.11. The molecular formula is C21H24F3N3O5S. The molecule has 1 amide bonds. The van der Waals surface area contributed by atoms with Gasteiger partial charge in [0.1, 0.15) is 10.6 Å². The standard InChI is InChI=1S/C21H24F3N3O5S/c1-26(2)33(29,30)19-12-14(4-7-18(19)31-3)20(28)25-16-13-15(21(22,23)24)5-6-17(16)27-8-10-32-11-9-27/h4-7,12-13H,8-11H2,1-3H3,(H,25,28). The molecule has 1 saturated heterocycles. The summed E-state index contributed by atoms with van der Waals surface area (Å²) in [6.07, 6.45) is -4.60. The number of ether oxygens (including phenoxy) is 2. The minimum atomic E-state index is -4.60. The van der Waals surface area contributed by atoms with Gasteiger partial charge < -0.3 is 19.7 Å². The van der Waals surface area contributed by atoms with Gasteiger partial charge in [0.2, 0.25) is 10.0 Å². The van der Waals surface area contributed by atoms with Crippen molar-refractivity contribution in [2.45, 2.75) is 11.1 Å². The maximum absolute atomic E-state index is 13.3. The molecule has 2 aromatic carbocycles. The second kappa shape index (κ2) is 9.57. The lowest BCUT2D eigenvalue weighted by molar-refractivity contribution is -0.137. The third-order valence-corrected chi connectivity index (χ3v) is 6.94. The highest BCUT2D eigenvalue weighted by Crippen LogP contribution is 2.36. The van der Waals surface area contributed by atoms with Crippen LogP contribution in [0.15, 0.2) is 41.3 Å². The summed E-state index contributed by atoms with van der Waals surface area (Å²) in [7, 11) is 0.0144. The summed E-state index contributed by atoms with van der Waals surface area (Å²) < 4.78 is 76.6. The van der Waals surface area contributed by atoms with Crippen LogP contribution < -0.4 is 15.0 Å². The Morgan fingerprint density at radius 1 is 1.12 bits per heavy atom. The van der Waals surface area contributed by atoms with Crippen LogP contribution in [0.1, 0.15) is 15.9 Å². The summed E-state index contributed by atoms with van der Waals surface area (Å²) in [5, 5.41) is 2.51. The van der Waals surface area contributed by atoms with E-state index >= 15 is 0 Å². The second-order valence-corrected chi connectivity index (χ2v) is 9.56. The summed E-state index contributed by atoms with van der Waals surface area (Å²) in [6, 6.07) is 6.91. The third kappa shape index (κ3) is 5.40. The number of halogens is 3. The van der Waals surface area contributed by atoms with Crippen LogP contribution in [-0.4, -0.2) is 66.1 Å². The van der Waals surface area contributed by atoms with Crippen LogP contribution in [0.3, 0.4) is 0 Å². The highest BCUT2D eigenvalue weighted by atomic mass is 32.2. The van der Waals surface area contributed by atoms with Crippen molar-refractivity contribution in [1.82, 2.24) is 4.31 Å². The topological polar surface area (TPSA) is 88.2 Å². The van der Waals surface area contributed by atoms with Gasteiger partial charge in [-0.3, -0.25) is 4.79 Å². The molecule has 2 aromatic rings. The first-order valence-electron chi connectivity index (χ1n) is 9.91. The summed E-state index contributed by atoms with van der Waals surface area (Å²) in [5.41, 5.74) is -0.596. The van der Waals surface area contributed by atoms with Gasteiger partial charge in [0, 0.05) is 32.7 Å². The van der Waals surface area contributed by atoms with E-state index in [1.807, 2.05) is 4.90 Å². The molecule has 3 rings (SSSR count). The van der Waals surface area contributed by atoms with Crippen LogP contribution in [0.4, 0.5) is 24.5 Å². The van der Waals surface area contributed by atoms with E-state index in [2.05, 4.69) is 5.32 Å². The van der Waals surface area contributed by atoms with E-state index in [0.717, 1.165) is 22.5 Å². The number of rotatable bonds is 6. The summed E-state index contributed by atoms with van der Waals surface area (Å²) in [5.74, 6) is -0.727. The number of carbonyl (C=O) groups excluding carboxylic acids is 1. The van der Waals surface area contributed by atoms with Gasteiger partial charge >= 0.3 is 6.18 Å². The maximum atomic E-state index is 13.3. The average molecular weight is 488 g/mol. The zero-order valence-electron chi connectivity index (χ0n) is 18.3. The van der Waals surface area contributed by atoms with Crippen LogP contribution in [0.5, 0.6) is 5.75 Å². The lowest BCUT2D eigenvalue weighted by atomic mass is 10.1. The summed E-state index contributed by atoms with van der Waals surface area (Å²) in [6.45, 7) is 1.70. The molecule has 12 heteroatoms. The molecule has 33 heavy (non-hydrogen) atoms. The number of hydrogen-bond donors (Lipinski definition) is 1. The number of carbonyl (C=O) groups is 1. The van der Waals surface area contributed by atoms with Crippen molar-refractivity contribution in [1.29, 1.82) is 0 Å². The van der Waals surface area contributed by atoms with Crippen molar-refractivity contribution < 1.29 is 35.9 Å². The zero-order chi connectivity index (χ0) is 24.4. The van der Waals surface area contributed by atoms with Crippen molar-refractivity contribution in [3.63, 3.8) is 0 Å². The van der Waals surface area contributed by atoms with Gasteiger partial charge in [0.05, 0.1) is 37.3 Å². The Morgan fingerprint density at radius 3 is 2.36 bits per heavy atom. The molecule has 0 bridgehead atoms. The normalized spacial score (nSPS) is 14.9. The first-order chi connectivity index (χ1) is 15.4. The molecule has 0 saturated carbocycles. The maximum Gasteiger partial charge on any atom is 0.416 e. The van der Waals surface area contributed by atoms with Crippen molar-refractivity contribution in [3.05, 3.63) is 47.5 Å². The van der Waals surface area contributed by atoms with Gasteiger partial charge in [-0.15, -0.1) is 0 Å². The molecule has 0 spiro atoms. The van der Waals surface area contributed by atoms with Crippen molar-refractivity contribution >= 4 is 27.3 Å². The van der Waals surface area contributed by atoms with Crippen LogP contribution in [0.25, 0.3) is 0 Å². The predicted molar refractivity (Wildman–Crippen MR) is 116 cm³/mol. The van der Waals surface area contributed by atoms with E-state index in [9.17, 15) is 26.4 Å². The number of anilines is 2. The van der Waals surface area contributed by atoms with Gasteiger partial charge in [-0.1, -0.05) is 0 Å². The fourth-order valence-corrected chi connectivity index (χ4v) is 4.38. The number of nitrogens with one attached hydrogen (secondary N) is 1. The first kappa shape index (κ1) is 24.8. The molecular weight excluding hydrogens is 463 g/mol. The first-order valence-corrected chi connectivity index (χ1v) is 11.3. The second-order valence-electron chi connectivity index (χ2n) is 7.44. The molecule has 0 atom stereocenters. The van der Waals surface area contributed by atoms with E-state index < -0.39 is 27.7 Å². The quantitative estimate of drug-likeness (QED) is 0.674. The number of morpholine rings is 1. The molecule has 8 nitrogen and oxygen atoms in total. The molecule has 1 heterocycles. The highest BCUT2D eigenvalue weighted by Gasteiger charge is 2.32. The van der Waals surface area contributed by atoms with Gasteiger partial charge in [0.15, 0.2) is 0 Å². The molecule has 1 aliphatic heterocycles. The largest absolute Gasteiger partial charge is 0.495 e. The molecule has 0 radical (unpaired) electrons. The molecule has 0 aliphatic carbocycles. The monoisotopic (exact) mass is 487 g/mol. The van der Waals surface area contributed by atoms with Crippen molar-refractivity contribution in [2.24, 2.45) is 0 Å². The van der Waals surface area contributed by atoms with E-state index in [4.69, 9.17) is 9.47 Å². The number of sulfonamides is 1. The van der Waals surface area contributed by atoms with E-state index in [1.165, 1.54) is 39.4 Å². The van der Waals surface area contributed by atoms with Gasteiger partial charge in [-0.25, -0.2) is 12.7 Å². The smallest absolute Gasteiger partial charge is 0.416 e. The number of hydrogen-bond acceptors (Lipinski definition) is 6. The molecule has 1 aliphatic rings. The number of alkyl halides is 3. The summed E-state index contributed by atoms with van der Waals surface area (Å²) >= 11 is 0. The Morgan fingerprint density at radius 2 is 1.79 bits per heavy atom. The SMILES string of the molecule is COc1ccc(C(=O)Nc2cc(C(F)(F)F)ccc2N2CCOCC2)cc1S(=O)(=O)N(C)C. The number of methoxy groups -OCH3 is 1. The molecule has 1 N–H and O–H groups in total. The molecule has 0 aromatic heterocycles. The van der Waals surface area contributed by atoms with E-state index in [0.29, 0.717) is 32.0 Å². The Hall–Kier alpha value is -2.83. The Bertz CT molecular complexity index is 1130. The Balaban J connectivity index is 2.01. The van der Waals surface area contributed by atoms with E-state index in [-0.39, 0.29) is 21.9 Å². The van der Waals surface area contributed by atoms with Gasteiger partial charge in [-0.05, 0) is 36.4 Å². The van der Waals surface area contributed by atoms with Crippen LogP contribution in [-0.2, 0) is 20.9 Å². The van der Waals surface area contributed by atoms with Crippen LogP contribution in [0.2, 0.25) is 0 Å². The lowest BCUT2D eigenvalue weighted by Gasteiger charge is -2.31. The fraction of sp³-hybridized carbons (Fsp3) is 0.381. The number of nitrogens with zero attached hydrogens (tertiary/aromatic N) is 2. The van der Waals surface area contributed by atoms with Crippen molar-refractivity contribution in [2.75, 3.05) is 57.7 Å². The van der Waals surface area contributed by atoms with Crippen molar-refractivity contribution in [3.8, 4) is 5.75 Å². The Labute approximate surface area is 189 Å². The zero-order valence-corrected chi connectivity index (χ0v) is 19.1. The predicted octanol–water partition coefficient (Wildman–Crippen LogP) is 3.05. The van der Waals surface area contributed by atoms with Gasteiger partial charge in [0.25, 0.3) is 5.91 Å².